The van der Waals surface area contributed by atoms with Crippen LogP contribution in [0.15, 0.2) is 84.1 Å². The average Bonchev–Trinajstić information content (AvgIpc) is 3.09. The van der Waals surface area contributed by atoms with Crippen LogP contribution >= 0.6 is 11.8 Å². The van der Waals surface area contributed by atoms with Gasteiger partial charge in [0.15, 0.2) is 0 Å². The Morgan fingerprint density at radius 1 is 0.760 bits per heavy atom. The maximum Gasteiger partial charge on any atom is 0.137 e. The van der Waals surface area contributed by atoms with Crippen molar-refractivity contribution in [1.82, 2.24) is 14.4 Å². The zero-order chi connectivity index (χ0) is 16.6. The summed E-state index contributed by atoms with van der Waals surface area (Å²) in [5.41, 5.74) is 3.09. The summed E-state index contributed by atoms with van der Waals surface area (Å²) in [6, 6.07) is 22.9. The van der Waals surface area contributed by atoms with Crippen molar-refractivity contribution < 1.29 is 0 Å². The maximum atomic E-state index is 4.90. The van der Waals surface area contributed by atoms with Gasteiger partial charge in [-0.3, -0.25) is 0 Å². The molecule has 0 N–H and O–H groups in total. The quantitative estimate of drug-likeness (QED) is 0.328. The number of benzene rings is 2. The fraction of sp³-hybridized carbons (Fsp3) is 0.0476. The number of aromatic nitrogens is 3. The van der Waals surface area contributed by atoms with Gasteiger partial charge in [0.1, 0.15) is 10.7 Å². The molecule has 0 spiro atoms. The van der Waals surface area contributed by atoms with Crippen molar-refractivity contribution in [2.24, 2.45) is 0 Å². The van der Waals surface area contributed by atoms with E-state index in [2.05, 4.69) is 58.0 Å². The molecular formula is C21H15N3S. The molecule has 0 unspecified atom stereocenters. The summed E-state index contributed by atoms with van der Waals surface area (Å²) < 4.78 is 2.06. The number of fused-ring (bicyclic) bond motifs is 4. The summed E-state index contributed by atoms with van der Waals surface area (Å²) in [4.78, 5) is 9.59. The number of hydrogen-bond donors (Lipinski definition) is 0. The van der Waals surface area contributed by atoms with Gasteiger partial charge in [0.25, 0.3) is 0 Å². The Labute approximate surface area is 149 Å². The third-order valence-corrected chi connectivity index (χ3v) is 5.37. The Hall–Kier alpha value is -2.85. The van der Waals surface area contributed by atoms with Crippen LogP contribution in [0.25, 0.3) is 27.3 Å². The van der Waals surface area contributed by atoms with Gasteiger partial charge in [0.05, 0.1) is 11.2 Å². The van der Waals surface area contributed by atoms with Crippen LogP contribution in [0.4, 0.5) is 0 Å². The molecule has 0 amide bonds. The molecule has 0 saturated carbocycles. The van der Waals surface area contributed by atoms with Crippen LogP contribution < -0.4 is 0 Å². The smallest absolute Gasteiger partial charge is 0.137 e. The van der Waals surface area contributed by atoms with Gasteiger partial charge in [0, 0.05) is 28.9 Å². The molecule has 0 aliphatic rings. The highest BCUT2D eigenvalue weighted by molar-refractivity contribution is 7.98. The number of thioether (sulfide) groups is 1. The van der Waals surface area contributed by atoms with Gasteiger partial charge in [-0.25, -0.2) is 9.97 Å². The zero-order valence-electron chi connectivity index (χ0n) is 13.5. The summed E-state index contributed by atoms with van der Waals surface area (Å²) in [5, 5.41) is 4.72. The van der Waals surface area contributed by atoms with Gasteiger partial charge in [-0.1, -0.05) is 60.3 Å². The first-order valence-corrected chi connectivity index (χ1v) is 9.20. The van der Waals surface area contributed by atoms with Crippen LogP contribution in [0.5, 0.6) is 0 Å². The lowest BCUT2D eigenvalue weighted by atomic mass is 10.1. The minimum atomic E-state index is 0.803. The van der Waals surface area contributed by atoms with E-state index in [4.69, 9.17) is 4.98 Å². The first-order chi connectivity index (χ1) is 12.4. The molecule has 0 bridgehead atoms. The first-order valence-electron chi connectivity index (χ1n) is 8.21. The van der Waals surface area contributed by atoms with Crippen LogP contribution in [0, 0.1) is 0 Å². The van der Waals surface area contributed by atoms with Gasteiger partial charge in [-0.15, -0.1) is 0 Å². The third-order valence-electron chi connectivity index (χ3n) is 4.34. The molecule has 3 heterocycles. The molecule has 120 valence electrons. The second-order valence-electron chi connectivity index (χ2n) is 5.97. The standard InChI is InChI=1S/C21H15N3S/c1-2-9-18-16(7-1)17-8-3-4-10-19(17)23-21(18)25-14-15-13-24-12-6-5-11-20(24)22-15/h1-13H,14H2. The van der Waals surface area contributed by atoms with Crippen molar-refractivity contribution in [3.05, 3.63) is 84.8 Å². The van der Waals surface area contributed by atoms with E-state index in [-0.39, 0.29) is 0 Å². The van der Waals surface area contributed by atoms with E-state index in [1.165, 1.54) is 16.2 Å². The predicted molar refractivity (Wildman–Crippen MR) is 104 cm³/mol. The van der Waals surface area contributed by atoms with Crippen LogP contribution in [0.1, 0.15) is 5.69 Å². The van der Waals surface area contributed by atoms with E-state index in [0.29, 0.717) is 0 Å². The van der Waals surface area contributed by atoms with Crippen molar-refractivity contribution in [2.45, 2.75) is 10.8 Å². The van der Waals surface area contributed by atoms with Gasteiger partial charge < -0.3 is 4.40 Å². The summed E-state index contributed by atoms with van der Waals surface area (Å²) in [6.07, 6.45) is 4.12. The van der Waals surface area contributed by atoms with Crippen molar-refractivity contribution in [1.29, 1.82) is 0 Å². The number of rotatable bonds is 3. The lowest BCUT2D eigenvalue weighted by Crippen LogP contribution is -1.88. The van der Waals surface area contributed by atoms with E-state index in [1.54, 1.807) is 11.8 Å². The minimum absolute atomic E-state index is 0.803. The maximum absolute atomic E-state index is 4.90. The van der Waals surface area contributed by atoms with Crippen LogP contribution in [-0.2, 0) is 5.75 Å². The highest BCUT2D eigenvalue weighted by Gasteiger charge is 2.09. The van der Waals surface area contributed by atoms with Gasteiger partial charge in [-0.2, -0.15) is 0 Å². The first kappa shape index (κ1) is 14.5. The van der Waals surface area contributed by atoms with Gasteiger partial charge in [0.2, 0.25) is 0 Å². The summed E-state index contributed by atoms with van der Waals surface area (Å²) >= 11 is 1.75. The number of pyridine rings is 2. The molecule has 5 aromatic rings. The average molecular weight is 341 g/mol. The molecule has 0 aliphatic carbocycles. The lowest BCUT2D eigenvalue weighted by molar-refractivity contribution is 1.18. The highest BCUT2D eigenvalue weighted by Crippen LogP contribution is 2.33. The Balaban J connectivity index is 1.57. The Bertz CT molecular complexity index is 1180. The topological polar surface area (TPSA) is 30.2 Å². The number of imidazole rings is 1. The molecule has 3 nitrogen and oxygen atoms in total. The van der Waals surface area contributed by atoms with Crippen molar-refractivity contribution >= 4 is 39.1 Å². The largest absolute Gasteiger partial charge is 0.307 e. The van der Waals surface area contributed by atoms with E-state index in [0.717, 1.165) is 27.6 Å². The molecule has 0 saturated heterocycles. The SMILES string of the molecule is c1ccc2c(c1)nc(SCc1cn3ccccc3n1)c1ccccc12. The van der Waals surface area contributed by atoms with Crippen LogP contribution in [0.3, 0.4) is 0 Å². The summed E-state index contributed by atoms with van der Waals surface area (Å²) in [6.45, 7) is 0. The monoisotopic (exact) mass is 341 g/mol. The fourth-order valence-corrected chi connectivity index (χ4v) is 4.10. The number of hydrogen-bond acceptors (Lipinski definition) is 3. The lowest BCUT2D eigenvalue weighted by Gasteiger charge is -2.08. The Morgan fingerprint density at radius 3 is 2.40 bits per heavy atom. The summed E-state index contributed by atoms with van der Waals surface area (Å²) in [7, 11) is 0. The predicted octanol–water partition coefficient (Wildman–Crippen LogP) is 5.33. The molecule has 0 aliphatic heterocycles. The molecule has 2 aromatic carbocycles. The number of nitrogens with zero attached hydrogens (tertiary/aromatic N) is 3. The highest BCUT2D eigenvalue weighted by atomic mass is 32.2. The molecule has 5 rings (SSSR count). The van der Waals surface area contributed by atoms with Crippen molar-refractivity contribution in [2.75, 3.05) is 0 Å². The summed E-state index contributed by atoms with van der Waals surface area (Å²) in [5.74, 6) is 0.803. The normalized spacial score (nSPS) is 11.5. The van der Waals surface area contributed by atoms with Crippen LogP contribution in [-0.4, -0.2) is 14.4 Å². The van der Waals surface area contributed by atoms with E-state index in [1.807, 2.05) is 30.5 Å². The van der Waals surface area contributed by atoms with Gasteiger partial charge >= 0.3 is 0 Å². The minimum Gasteiger partial charge on any atom is -0.307 e. The Morgan fingerprint density at radius 2 is 1.52 bits per heavy atom. The van der Waals surface area contributed by atoms with Crippen LogP contribution in [0.2, 0.25) is 0 Å². The third kappa shape index (κ3) is 2.55. The molecular weight excluding hydrogens is 326 g/mol. The Kier molecular flexibility index (Phi) is 3.42. The van der Waals surface area contributed by atoms with E-state index >= 15 is 0 Å². The molecule has 25 heavy (non-hydrogen) atoms. The molecule has 3 aromatic heterocycles. The molecule has 0 radical (unpaired) electrons. The van der Waals surface area contributed by atoms with E-state index < -0.39 is 0 Å². The second kappa shape index (κ2) is 5.90. The number of para-hydroxylation sites is 1. The van der Waals surface area contributed by atoms with Gasteiger partial charge in [-0.05, 0) is 23.6 Å². The fourth-order valence-electron chi connectivity index (χ4n) is 3.18. The molecule has 4 heteroatoms. The molecule has 0 fully saturated rings. The van der Waals surface area contributed by atoms with Crippen molar-refractivity contribution in [3.63, 3.8) is 0 Å². The second-order valence-corrected chi connectivity index (χ2v) is 6.93. The molecule has 0 atom stereocenters. The van der Waals surface area contributed by atoms with E-state index in [9.17, 15) is 0 Å². The zero-order valence-corrected chi connectivity index (χ0v) is 14.3. The van der Waals surface area contributed by atoms with Crippen molar-refractivity contribution in [3.8, 4) is 0 Å².